The van der Waals surface area contributed by atoms with E-state index in [4.69, 9.17) is 0 Å². The highest BCUT2D eigenvalue weighted by molar-refractivity contribution is 9.10. The van der Waals surface area contributed by atoms with Crippen LogP contribution in [0.3, 0.4) is 0 Å². The van der Waals surface area contributed by atoms with Gasteiger partial charge in [0.25, 0.3) is 0 Å². The summed E-state index contributed by atoms with van der Waals surface area (Å²) < 4.78 is 28.1. The molecule has 0 aromatic carbocycles. The van der Waals surface area contributed by atoms with Gasteiger partial charge >= 0.3 is 0 Å². The lowest BCUT2D eigenvalue weighted by molar-refractivity contribution is 0.476. The molecular weight excluding hydrogens is 362 g/mol. The fraction of sp³-hybridized carbons (Fsp3) is 0.583. The average Bonchev–Trinajstić information content (AvgIpc) is 2.46. The maximum absolute atomic E-state index is 12.4. The molecule has 1 saturated heterocycles. The minimum atomic E-state index is -3.54. The van der Waals surface area contributed by atoms with E-state index in [0.29, 0.717) is 22.8 Å². The van der Waals surface area contributed by atoms with Crippen LogP contribution in [0.2, 0.25) is 0 Å². The Balaban J connectivity index is 2.11. The van der Waals surface area contributed by atoms with Crippen molar-refractivity contribution in [2.45, 2.75) is 17.7 Å². The number of nitrogens with one attached hydrogen (secondary N) is 2. The second-order valence-corrected chi connectivity index (χ2v) is 8.53. The molecule has 0 amide bonds. The molecule has 112 valence electrons. The standard InChI is InChI=1S/C12H18BrN3O2S2/c1-14-12-11(6-10(13)8-15-12)20(17,18)16-7-9-2-4-19-5-3-9/h6,8-9,16H,2-5,7H2,1H3,(H,14,15). The van der Waals surface area contributed by atoms with Crippen LogP contribution in [-0.4, -0.2) is 38.5 Å². The Hall–Kier alpha value is -0.310. The predicted octanol–water partition coefficient (Wildman–Crippen LogP) is 2.31. The van der Waals surface area contributed by atoms with Crippen molar-refractivity contribution in [3.05, 3.63) is 16.7 Å². The van der Waals surface area contributed by atoms with E-state index in [0.717, 1.165) is 24.3 Å². The Morgan fingerprint density at radius 1 is 1.45 bits per heavy atom. The molecule has 0 aliphatic carbocycles. The lowest BCUT2D eigenvalue weighted by Gasteiger charge is -2.21. The van der Waals surface area contributed by atoms with Crippen molar-refractivity contribution < 1.29 is 8.42 Å². The summed E-state index contributed by atoms with van der Waals surface area (Å²) in [5.41, 5.74) is 0. The second kappa shape index (κ2) is 7.11. The Morgan fingerprint density at radius 2 is 2.15 bits per heavy atom. The van der Waals surface area contributed by atoms with Gasteiger partial charge in [0.2, 0.25) is 10.0 Å². The van der Waals surface area contributed by atoms with E-state index in [-0.39, 0.29) is 4.90 Å². The van der Waals surface area contributed by atoms with Crippen molar-refractivity contribution in [3.8, 4) is 0 Å². The quantitative estimate of drug-likeness (QED) is 0.820. The molecule has 1 aliphatic rings. The first-order chi connectivity index (χ1) is 9.53. The number of rotatable bonds is 5. The van der Waals surface area contributed by atoms with Crippen LogP contribution in [0.1, 0.15) is 12.8 Å². The van der Waals surface area contributed by atoms with Crippen LogP contribution in [0.4, 0.5) is 5.82 Å². The fourth-order valence-corrected chi connectivity index (χ4v) is 5.06. The van der Waals surface area contributed by atoms with E-state index in [9.17, 15) is 8.42 Å². The molecule has 1 aromatic heterocycles. The summed E-state index contributed by atoms with van der Waals surface area (Å²) in [6.07, 6.45) is 3.72. The molecule has 0 spiro atoms. The fourth-order valence-electron chi connectivity index (χ4n) is 2.07. The second-order valence-electron chi connectivity index (χ2n) is 4.66. The summed E-state index contributed by atoms with van der Waals surface area (Å²) >= 11 is 5.19. The van der Waals surface area contributed by atoms with E-state index in [1.165, 1.54) is 0 Å². The zero-order valence-corrected chi connectivity index (χ0v) is 14.4. The lowest BCUT2D eigenvalue weighted by Crippen LogP contribution is -2.31. The van der Waals surface area contributed by atoms with Gasteiger partial charge in [-0.25, -0.2) is 18.1 Å². The summed E-state index contributed by atoms with van der Waals surface area (Å²) in [7, 11) is -1.88. The van der Waals surface area contributed by atoms with E-state index >= 15 is 0 Å². The molecule has 2 rings (SSSR count). The molecule has 0 radical (unpaired) electrons. The van der Waals surface area contributed by atoms with Gasteiger partial charge in [0.1, 0.15) is 10.7 Å². The molecule has 0 bridgehead atoms. The number of hydrogen-bond donors (Lipinski definition) is 2. The number of nitrogens with zero attached hydrogens (tertiary/aromatic N) is 1. The topological polar surface area (TPSA) is 71.1 Å². The average molecular weight is 380 g/mol. The highest BCUT2D eigenvalue weighted by atomic mass is 79.9. The van der Waals surface area contributed by atoms with Crippen LogP contribution in [0.25, 0.3) is 0 Å². The third-order valence-electron chi connectivity index (χ3n) is 3.25. The summed E-state index contributed by atoms with van der Waals surface area (Å²) in [6, 6.07) is 1.57. The van der Waals surface area contributed by atoms with Crippen molar-refractivity contribution in [2.24, 2.45) is 5.92 Å². The van der Waals surface area contributed by atoms with Gasteiger partial charge in [-0.2, -0.15) is 11.8 Å². The van der Waals surface area contributed by atoms with E-state index in [1.807, 2.05) is 11.8 Å². The maximum atomic E-state index is 12.4. The molecule has 0 unspecified atom stereocenters. The monoisotopic (exact) mass is 379 g/mol. The number of aromatic nitrogens is 1. The highest BCUT2D eigenvalue weighted by Crippen LogP contribution is 2.25. The molecule has 1 aliphatic heterocycles. The zero-order chi connectivity index (χ0) is 14.6. The first-order valence-electron chi connectivity index (χ1n) is 6.43. The normalized spacial score (nSPS) is 17.1. The largest absolute Gasteiger partial charge is 0.372 e. The predicted molar refractivity (Wildman–Crippen MR) is 86.7 cm³/mol. The lowest BCUT2D eigenvalue weighted by atomic mass is 10.0. The number of hydrogen-bond acceptors (Lipinski definition) is 5. The van der Waals surface area contributed by atoms with E-state index in [2.05, 4.69) is 31.0 Å². The molecule has 5 nitrogen and oxygen atoms in total. The van der Waals surface area contributed by atoms with Crippen LogP contribution in [0.15, 0.2) is 21.6 Å². The van der Waals surface area contributed by atoms with Gasteiger partial charge < -0.3 is 5.32 Å². The summed E-state index contributed by atoms with van der Waals surface area (Å²) in [5, 5.41) is 2.81. The minimum absolute atomic E-state index is 0.180. The number of anilines is 1. The van der Waals surface area contributed by atoms with Crippen LogP contribution in [0, 0.1) is 5.92 Å². The van der Waals surface area contributed by atoms with Crippen molar-refractivity contribution in [3.63, 3.8) is 0 Å². The molecule has 2 N–H and O–H groups in total. The number of halogens is 1. The molecule has 1 aromatic rings. The maximum Gasteiger partial charge on any atom is 0.244 e. The smallest absolute Gasteiger partial charge is 0.244 e. The van der Waals surface area contributed by atoms with Gasteiger partial charge in [-0.1, -0.05) is 0 Å². The molecular formula is C12H18BrN3O2S2. The number of thioether (sulfide) groups is 1. The van der Waals surface area contributed by atoms with Crippen molar-refractivity contribution in [1.82, 2.24) is 9.71 Å². The first-order valence-corrected chi connectivity index (χ1v) is 9.86. The molecule has 0 saturated carbocycles. The van der Waals surface area contributed by atoms with Crippen molar-refractivity contribution in [1.29, 1.82) is 0 Å². The van der Waals surface area contributed by atoms with Crippen LogP contribution >= 0.6 is 27.7 Å². The number of sulfonamides is 1. The summed E-state index contributed by atoms with van der Waals surface area (Å²) in [4.78, 5) is 4.26. The molecule has 20 heavy (non-hydrogen) atoms. The first kappa shape index (κ1) is 16.1. The summed E-state index contributed by atoms with van der Waals surface area (Å²) in [5.74, 6) is 3.03. The molecule has 1 fully saturated rings. The van der Waals surface area contributed by atoms with Gasteiger partial charge in [-0.05, 0) is 52.3 Å². The van der Waals surface area contributed by atoms with Crippen LogP contribution < -0.4 is 10.0 Å². The highest BCUT2D eigenvalue weighted by Gasteiger charge is 2.22. The van der Waals surface area contributed by atoms with Crippen LogP contribution in [-0.2, 0) is 10.0 Å². The number of pyridine rings is 1. The molecule has 8 heteroatoms. The van der Waals surface area contributed by atoms with Crippen molar-refractivity contribution in [2.75, 3.05) is 30.4 Å². The van der Waals surface area contributed by atoms with Gasteiger partial charge in [0.15, 0.2) is 0 Å². The zero-order valence-electron chi connectivity index (χ0n) is 11.2. The van der Waals surface area contributed by atoms with Gasteiger partial charge in [-0.3, -0.25) is 0 Å². The Bertz CT molecular complexity index is 560. The minimum Gasteiger partial charge on any atom is -0.372 e. The third kappa shape index (κ3) is 4.09. The van der Waals surface area contributed by atoms with Crippen LogP contribution in [0.5, 0.6) is 0 Å². The summed E-state index contributed by atoms with van der Waals surface area (Å²) in [6.45, 7) is 0.499. The Morgan fingerprint density at radius 3 is 2.80 bits per heavy atom. The Kier molecular flexibility index (Phi) is 5.71. The van der Waals surface area contributed by atoms with E-state index in [1.54, 1.807) is 19.3 Å². The third-order valence-corrected chi connectivity index (χ3v) is 6.17. The molecule has 0 atom stereocenters. The SMILES string of the molecule is CNc1ncc(Br)cc1S(=O)(=O)NCC1CCSCC1. The van der Waals surface area contributed by atoms with Gasteiger partial charge in [0.05, 0.1) is 0 Å². The molecule has 2 heterocycles. The Labute approximate surface area is 132 Å². The van der Waals surface area contributed by atoms with Gasteiger partial charge in [-0.15, -0.1) is 0 Å². The van der Waals surface area contributed by atoms with Gasteiger partial charge in [0, 0.05) is 24.3 Å². The van der Waals surface area contributed by atoms with E-state index < -0.39 is 10.0 Å². The van der Waals surface area contributed by atoms with Crippen molar-refractivity contribution >= 4 is 43.5 Å².